The van der Waals surface area contributed by atoms with E-state index in [2.05, 4.69) is 149 Å². The molecule has 18 heteroatoms. The Morgan fingerprint density at radius 2 is 0.531 bits per heavy atom. The molecule has 10 fully saturated rings. The molecule has 0 bridgehead atoms. The maximum atomic E-state index is 13.8. The van der Waals surface area contributed by atoms with Crippen molar-refractivity contribution in [3.63, 3.8) is 0 Å². The van der Waals surface area contributed by atoms with E-state index in [1.807, 2.05) is 122 Å². The SMILES string of the molecule is O=C(Cc1ccccc1)[C@@H]1CC12CCC(c1ccnc3ccccc13)CC2.O=C(NC1(C2CCC(c3ccnc4ccc(F)cc34)CC2)CC1)c1ccc(Cl)cc1.O=C(NC1(C2CCC(c3ccnc4ccc(F)cc34)CC2)CC1)c1ccc(Cl)cc1.O=C(NC1(C2CCC(c3ccnc4ccccc34)CC2)CC1)c1ccccc1.O=C(NC1(C2CCC(c3ccnc4ccccc34)CC2)CC1)c1ccccc1. The highest BCUT2D eigenvalue weighted by Gasteiger charge is 2.59. The lowest BCUT2D eigenvalue weighted by molar-refractivity contribution is -0.120. The number of nitrogens with zero attached hydrogens (tertiary/aromatic N) is 5. The van der Waals surface area contributed by atoms with Gasteiger partial charge in [0.25, 0.3) is 23.6 Å². The van der Waals surface area contributed by atoms with Crippen LogP contribution in [0.3, 0.4) is 0 Å². The Morgan fingerprint density at radius 1 is 0.273 bits per heavy atom. The standard InChI is InChI=1S/2C25H24ClFN2O.2C25H26N2O.C25H25NO/c2*26-19-7-3-17(4-8-19)24(30)29-25(12-13-25)18-5-1-16(2-6-18)21-11-14-28-23-10-9-20(27)15-22(21)23;2*28-24(19-6-2-1-3-7-19)27-25(15-16-25)20-12-10-18(11-13-20)21-14-17-26-23-9-5-4-8-22(21)23;27-24(16-18-6-2-1-3-7-18)22-17-25(22)13-10-19(11-14-25)20-12-15-26-23-9-5-4-8-21(20)23/h2*3-4,7-11,14-16,18H,1-2,5-6,12-13H2,(H,29,30);2*1-9,14,17-18,20H,10-13,15-16H2,(H,27,28);1-9,12,15,19,22H,10-11,13-14,16-17H2/t;;;;19?,22-,25?/m....0/s1. The molecule has 4 N–H and O–H groups in total. The molecular weight excluding hydrogens is 1820 g/mol. The first-order valence-corrected chi connectivity index (χ1v) is 53.2. The Bertz CT molecular complexity index is 6720. The van der Waals surface area contributed by atoms with Gasteiger partial charge in [-0.05, 0) is 436 Å². The number of pyridine rings is 5. The number of fused-ring (bicyclic) bond motifs is 5. The van der Waals surface area contributed by atoms with E-state index in [-0.39, 0.29) is 57.4 Å². The van der Waals surface area contributed by atoms with E-state index in [1.165, 1.54) is 133 Å². The Hall–Kier alpha value is -12.8. The van der Waals surface area contributed by atoms with E-state index in [9.17, 15) is 32.8 Å². The normalized spacial score (nSPS) is 23.7. The summed E-state index contributed by atoms with van der Waals surface area (Å²) in [5.74, 6) is 5.29. The molecule has 0 unspecified atom stereocenters. The van der Waals surface area contributed by atoms with Crippen molar-refractivity contribution >= 4 is 107 Å². The van der Waals surface area contributed by atoms with Crippen LogP contribution in [0.4, 0.5) is 8.78 Å². The van der Waals surface area contributed by atoms with Crippen molar-refractivity contribution in [2.45, 2.75) is 244 Å². The van der Waals surface area contributed by atoms with Gasteiger partial charge in [0.1, 0.15) is 17.4 Å². The number of amides is 4. The number of rotatable bonds is 20. The molecule has 1 spiro atoms. The molecule has 10 aliphatic rings. The molecule has 4 amide bonds. The molecule has 728 valence electrons. The molecule has 0 radical (unpaired) electrons. The highest BCUT2D eigenvalue weighted by atomic mass is 35.5. The van der Waals surface area contributed by atoms with Crippen molar-refractivity contribution in [2.24, 2.45) is 35.0 Å². The first-order chi connectivity index (χ1) is 69.8. The van der Waals surface area contributed by atoms with Crippen LogP contribution in [-0.2, 0) is 11.2 Å². The molecule has 10 aromatic carbocycles. The van der Waals surface area contributed by atoms with Gasteiger partial charge in [-0.3, -0.25) is 48.9 Å². The summed E-state index contributed by atoms with van der Waals surface area (Å²) in [6, 6.07) is 89.3. The maximum absolute atomic E-state index is 13.8. The highest BCUT2D eigenvalue weighted by Crippen LogP contribution is 2.64. The Labute approximate surface area is 847 Å². The molecule has 10 saturated carbocycles. The number of hydrogen-bond donors (Lipinski definition) is 4. The quantitative estimate of drug-likeness (QED) is 0.0570. The second-order valence-corrected chi connectivity index (χ2v) is 43.7. The third-order valence-corrected chi connectivity index (χ3v) is 34.9. The molecule has 25 rings (SSSR count). The van der Waals surface area contributed by atoms with Crippen LogP contribution in [0.2, 0.25) is 10.0 Å². The van der Waals surface area contributed by atoms with E-state index in [0.717, 1.165) is 164 Å². The average molecular weight is 1940 g/mol. The van der Waals surface area contributed by atoms with Crippen LogP contribution in [0.15, 0.2) is 310 Å². The Kier molecular flexibility index (Phi) is 28.5. The number of carbonyl (C=O) groups is 5. The van der Waals surface area contributed by atoms with E-state index in [4.69, 9.17) is 23.2 Å². The van der Waals surface area contributed by atoms with Crippen LogP contribution in [0, 0.1) is 46.6 Å². The summed E-state index contributed by atoms with van der Waals surface area (Å²) in [7, 11) is 0. The van der Waals surface area contributed by atoms with E-state index < -0.39 is 0 Å². The molecule has 5 heterocycles. The third kappa shape index (κ3) is 21.9. The summed E-state index contributed by atoms with van der Waals surface area (Å²) in [5.41, 5.74) is 16.0. The fraction of sp³-hybridized carbons (Fsp3) is 0.360. The van der Waals surface area contributed by atoms with Gasteiger partial charge in [0.2, 0.25) is 0 Å². The zero-order valence-electron chi connectivity index (χ0n) is 81.2. The van der Waals surface area contributed by atoms with E-state index >= 15 is 0 Å². The number of hydrogen-bond acceptors (Lipinski definition) is 10. The van der Waals surface area contributed by atoms with Crippen LogP contribution in [0.1, 0.15) is 291 Å². The predicted molar refractivity (Wildman–Crippen MR) is 568 cm³/mol. The van der Waals surface area contributed by atoms with Gasteiger partial charge in [-0.15, -0.1) is 0 Å². The molecule has 10 aliphatic carbocycles. The average Bonchev–Trinajstić information content (AvgIpc) is 1.54. The van der Waals surface area contributed by atoms with E-state index in [1.54, 1.807) is 72.8 Å². The van der Waals surface area contributed by atoms with Gasteiger partial charge in [-0.2, -0.15) is 0 Å². The van der Waals surface area contributed by atoms with Gasteiger partial charge >= 0.3 is 0 Å². The summed E-state index contributed by atoms with van der Waals surface area (Å²) < 4.78 is 27.6. The first kappa shape index (κ1) is 96.4. The Morgan fingerprint density at radius 3 is 0.832 bits per heavy atom. The lowest BCUT2D eigenvalue weighted by atomic mass is 9.74. The summed E-state index contributed by atoms with van der Waals surface area (Å²) in [6.07, 6.45) is 42.8. The molecule has 14 nitrogen and oxygen atoms in total. The number of ketones is 1. The molecule has 143 heavy (non-hydrogen) atoms. The second kappa shape index (κ2) is 42.3. The molecule has 1 atom stereocenters. The minimum Gasteiger partial charge on any atom is -0.346 e. The Balaban J connectivity index is 0.000000106. The lowest BCUT2D eigenvalue weighted by Crippen LogP contribution is -2.43. The lowest BCUT2D eigenvalue weighted by Gasteiger charge is -2.35. The minimum absolute atomic E-state index is 0.0121. The van der Waals surface area contributed by atoms with E-state index in [0.29, 0.717) is 98.0 Å². The fourth-order valence-corrected chi connectivity index (χ4v) is 25.9. The van der Waals surface area contributed by atoms with Crippen LogP contribution >= 0.6 is 23.2 Å². The number of nitrogens with one attached hydrogen (secondary N) is 4. The van der Waals surface area contributed by atoms with Gasteiger partial charge in [0, 0.05) is 125 Å². The number of halogens is 4. The number of Topliss-reactive ketones (excluding diaryl/α,β-unsaturated/α-hetero) is 1. The first-order valence-electron chi connectivity index (χ1n) is 52.4. The van der Waals surface area contributed by atoms with Crippen LogP contribution < -0.4 is 21.3 Å². The van der Waals surface area contributed by atoms with Crippen LogP contribution in [0.25, 0.3) is 54.5 Å². The second-order valence-electron chi connectivity index (χ2n) is 42.8. The number of para-hydroxylation sites is 3. The summed E-state index contributed by atoms with van der Waals surface area (Å²) >= 11 is 11.9. The van der Waals surface area contributed by atoms with Gasteiger partial charge in [-0.1, -0.05) is 145 Å². The van der Waals surface area contributed by atoms with Crippen molar-refractivity contribution in [1.29, 1.82) is 0 Å². The zero-order valence-corrected chi connectivity index (χ0v) is 82.7. The maximum Gasteiger partial charge on any atom is 0.251 e. The minimum atomic E-state index is -0.215. The van der Waals surface area contributed by atoms with Crippen molar-refractivity contribution < 1.29 is 32.8 Å². The van der Waals surface area contributed by atoms with Crippen molar-refractivity contribution in [3.05, 3.63) is 387 Å². The fourth-order valence-electron chi connectivity index (χ4n) is 25.7. The molecular formula is C125H125Cl2F2N9O5. The van der Waals surface area contributed by atoms with Crippen molar-refractivity contribution in [1.82, 2.24) is 46.2 Å². The van der Waals surface area contributed by atoms with Gasteiger partial charge in [0.15, 0.2) is 0 Å². The highest BCUT2D eigenvalue weighted by molar-refractivity contribution is 6.31. The predicted octanol–water partition coefficient (Wildman–Crippen LogP) is 29.2. The summed E-state index contributed by atoms with van der Waals surface area (Å²) in [5, 5.41) is 20.4. The third-order valence-electron chi connectivity index (χ3n) is 34.4. The smallest absolute Gasteiger partial charge is 0.251 e. The summed E-state index contributed by atoms with van der Waals surface area (Å²) in [4.78, 5) is 85.8. The monoisotopic (exact) mass is 1940 g/mol. The summed E-state index contributed by atoms with van der Waals surface area (Å²) in [6.45, 7) is 0. The van der Waals surface area contributed by atoms with Gasteiger partial charge in [0.05, 0.1) is 27.6 Å². The van der Waals surface area contributed by atoms with Crippen molar-refractivity contribution in [2.75, 3.05) is 0 Å². The van der Waals surface area contributed by atoms with Crippen LogP contribution in [0.5, 0.6) is 0 Å². The zero-order chi connectivity index (χ0) is 97.7. The largest absolute Gasteiger partial charge is 0.346 e. The topological polar surface area (TPSA) is 198 Å². The number of benzene rings is 10. The number of aromatic nitrogens is 5. The van der Waals surface area contributed by atoms with Gasteiger partial charge < -0.3 is 21.3 Å². The van der Waals surface area contributed by atoms with Crippen molar-refractivity contribution in [3.8, 4) is 0 Å². The van der Waals surface area contributed by atoms with Crippen LogP contribution in [-0.4, -0.2) is 76.5 Å². The molecule has 5 aromatic heterocycles. The molecule has 0 aliphatic heterocycles. The van der Waals surface area contributed by atoms with Gasteiger partial charge in [-0.25, -0.2) is 8.78 Å². The molecule has 15 aromatic rings. The molecule has 0 saturated heterocycles. The number of carbonyl (C=O) groups excluding carboxylic acids is 5.